The predicted molar refractivity (Wildman–Crippen MR) is 127 cm³/mol. The second-order valence-corrected chi connectivity index (χ2v) is 7.91. The van der Waals surface area contributed by atoms with Gasteiger partial charge in [0.1, 0.15) is 11.7 Å². The zero-order valence-electron chi connectivity index (χ0n) is 19.0. The smallest absolute Gasteiger partial charge is 0.291 e. The Morgan fingerprint density at radius 3 is 2.28 bits per heavy atom. The zero-order chi connectivity index (χ0) is 23.4. The van der Waals surface area contributed by atoms with Gasteiger partial charge in [-0.1, -0.05) is 48.9 Å². The van der Waals surface area contributed by atoms with Crippen LogP contribution in [0.3, 0.4) is 0 Å². The fraction of sp³-hybridized carbons (Fsp3) is 0.280. The van der Waals surface area contributed by atoms with Gasteiger partial charge in [0.2, 0.25) is 11.8 Å². The monoisotopic (exact) mass is 432 g/mol. The highest BCUT2D eigenvalue weighted by atomic mass is 16.2. The van der Waals surface area contributed by atoms with Crippen LogP contribution >= 0.6 is 0 Å². The number of benzene rings is 2. The van der Waals surface area contributed by atoms with E-state index in [2.05, 4.69) is 22.7 Å². The van der Waals surface area contributed by atoms with Crippen molar-refractivity contribution in [3.8, 4) is 11.3 Å². The van der Waals surface area contributed by atoms with Crippen LogP contribution < -0.4 is 16.2 Å². The minimum atomic E-state index is -0.898. The summed E-state index contributed by atoms with van der Waals surface area (Å²) in [6, 6.07) is 14.2. The van der Waals surface area contributed by atoms with Gasteiger partial charge in [0, 0.05) is 18.2 Å². The van der Waals surface area contributed by atoms with Crippen molar-refractivity contribution in [1.29, 1.82) is 0 Å². The van der Waals surface area contributed by atoms with Gasteiger partial charge in [0.05, 0.1) is 5.69 Å². The summed E-state index contributed by atoms with van der Waals surface area (Å²) in [5, 5.41) is 9.89. The lowest BCUT2D eigenvalue weighted by Crippen LogP contribution is -2.35. The van der Waals surface area contributed by atoms with E-state index in [9.17, 15) is 14.4 Å². The van der Waals surface area contributed by atoms with Crippen LogP contribution in [-0.4, -0.2) is 21.6 Å². The predicted octanol–water partition coefficient (Wildman–Crippen LogP) is 4.25. The Morgan fingerprint density at radius 1 is 1.00 bits per heavy atom. The van der Waals surface area contributed by atoms with Crippen LogP contribution in [0.5, 0.6) is 0 Å². The zero-order valence-corrected chi connectivity index (χ0v) is 19.0. The van der Waals surface area contributed by atoms with Gasteiger partial charge in [-0.3, -0.25) is 14.4 Å². The van der Waals surface area contributed by atoms with Gasteiger partial charge < -0.3 is 10.6 Å². The molecule has 0 aliphatic rings. The van der Waals surface area contributed by atoms with Crippen LogP contribution in [0, 0.1) is 13.8 Å². The number of carbonyl (C=O) groups is 2. The molecule has 0 fully saturated rings. The highest BCUT2D eigenvalue weighted by Gasteiger charge is 2.21. The molecule has 7 heteroatoms. The average Bonchev–Trinajstić information content (AvgIpc) is 2.76. The number of aromatic nitrogens is 2. The second-order valence-electron chi connectivity index (χ2n) is 7.91. The largest absolute Gasteiger partial charge is 0.324 e. The Balaban J connectivity index is 2.01. The van der Waals surface area contributed by atoms with E-state index in [4.69, 9.17) is 0 Å². The molecule has 2 N–H and O–H groups in total. The molecule has 2 amide bonds. The van der Waals surface area contributed by atoms with Crippen LogP contribution in [-0.2, 0) is 16.0 Å². The molecule has 0 saturated heterocycles. The molecule has 0 radical (unpaired) electrons. The van der Waals surface area contributed by atoms with Crippen molar-refractivity contribution in [2.75, 3.05) is 10.6 Å². The highest BCUT2D eigenvalue weighted by Crippen LogP contribution is 2.22. The molecule has 3 rings (SSSR count). The molecule has 0 aliphatic carbocycles. The lowest BCUT2D eigenvalue weighted by Gasteiger charge is -2.18. The molecule has 2 aromatic carbocycles. The maximum absolute atomic E-state index is 13.0. The molecule has 166 valence electrons. The fourth-order valence-corrected chi connectivity index (χ4v) is 3.41. The Morgan fingerprint density at radius 2 is 1.69 bits per heavy atom. The number of carbonyl (C=O) groups excluding carboxylic acids is 2. The lowest BCUT2D eigenvalue weighted by molar-refractivity contribution is -0.119. The molecule has 3 aromatic rings. The Bertz CT molecular complexity index is 1210. The SMILES string of the molecule is CCc1ccc(-c2cc(NC(C)=O)c(=O)n(C(C)C(=O)Nc3ccc(C)cc3C)n2)cc1. The second kappa shape index (κ2) is 9.60. The van der Waals surface area contributed by atoms with Crippen LogP contribution in [0.2, 0.25) is 0 Å². The number of hydrogen-bond acceptors (Lipinski definition) is 4. The Kier molecular flexibility index (Phi) is 6.88. The number of aryl methyl sites for hydroxylation is 3. The van der Waals surface area contributed by atoms with E-state index >= 15 is 0 Å². The van der Waals surface area contributed by atoms with Crippen LogP contribution in [0.1, 0.15) is 43.5 Å². The average molecular weight is 433 g/mol. The van der Waals surface area contributed by atoms with E-state index in [-0.39, 0.29) is 17.5 Å². The third-order valence-electron chi connectivity index (χ3n) is 5.29. The molecular weight excluding hydrogens is 404 g/mol. The van der Waals surface area contributed by atoms with Gasteiger partial charge in [-0.25, -0.2) is 4.68 Å². The molecule has 0 saturated carbocycles. The molecular formula is C25H28N4O3. The highest BCUT2D eigenvalue weighted by molar-refractivity contribution is 5.94. The van der Waals surface area contributed by atoms with Crippen molar-refractivity contribution in [1.82, 2.24) is 9.78 Å². The minimum absolute atomic E-state index is 0.0771. The summed E-state index contributed by atoms with van der Waals surface area (Å²) < 4.78 is 1.12. The van der Waals surface area contributed by atoms with Gasteiger partial charge in [-0.05, 0) is 50.5 Å². The van der Waals surface area contributed by atoms with E-state index in [1.54, 1.807) is 6.92 Å². The van der Waals surface area contributed by atoms with Crippen LogP contribution in [0.25, 0.3) is 11.3 Å². The lowest BCUT2D eigenvalue weighted by atomic mass is 10.1. The molecule has 0 aliphatic heterocycles. The van der Waals surface area contributed by atoms with Gasteiger partial charge in [-0.2, -0.15) is 5.10 Å². The molecule has 1 aromatic heterocycles. The summed E-state index contributed by atoms with van der Waals surface area (Å²) in [6.45, 7) is 8.89. The topological polar surface area (TPSA) is 93.1 Å². The summed E-state index contributed by atoms with van der Waals surface area (Å²) in [5.74, 6) is -0.752. The van der Waals surface area contributed by atoms with Crippen LogP contribution in [0.4, 0.5) is 11.4 Å². The van der Waals surface area contributed by atoms with Crippen molar-refractivity contribution in [2.45, 2.75) is 47.1 Å². The van der Waals surface area contributed by atoms with E-state index < -0.39 is 11.6 Å². The summed E-state index contributed by atoms with van der Waals surface area (Å²) in [4.78, 5) is 37.6. The fourth-order valence-electron chi connectivity index (χ4n) is 3.41. The minimum Gasteiger partial charge on any atom is -0.324 e. The van der Waals surface area contributed by atoms with E-state index in [1.165, 1.54) is 18.6 Å². The molecule has 0 bridgehead atoms. The van der Waals surface area contributed by atoms with E-state index in [1.807, 2.05) is 56.3 Å². The quantitative estimate of drug-likeness (QED) is 0.609. The number of hydrogen-bond donors (Lipinski definition) is 2. The molecule has 7 nitrogen and oxygen atoms in total. The van der Waals surface area contributed by atoms with Gasteiger partial charge >= 0.3 is 0 Å². The molecule has 1 atom stereocenters. The first-order chi connectivity index (χ1) is 15.2. The number of nitrogens with one attached hydrogen (secondary N) is 2. The van der Waals surface area contributed by atoms with Gasteiger partial charge in [-0.15, -0.1) is 0 Å². The maximum atomic E-state index is 13.0. The van der Waals surface area contributed by atoms with Crippen molar-refractivity contribution in [3.63, 3.8) is 0 Å². The summed E-state index contributed by atoms with van der Waals surface area (Å²) in [7, 11) is 0. The van der Waals surface area contributed by atoms with Crippen molar-refractivity contribution in [2.24, 2.45) is 0 Å². The number of nitrogens with zero attached hydrogens (tertiary/aromatic N) is 2. The first kappa shape index (κ1) is 22.9. The van der Waals surface area contributed by atoms with Gasteiger partial charge in [0.25, 0.3) is 5.56 Å². The maximum Gasteiger partial charge on any atom is 0.291 e. The molecule has 1 unspecified atom stereocenters. The Labute approximate surface area is 187 Å². The van der Waals surface area contributed by atoms with Crippen LogP contribution in [0.15, 0.2) is 53.3 Å². The normalized spacial score (nSPS) is 11.7. The first-order valence-corrected chi connectivity index (χ1v) is 10.6. The molecule has 0 spiro atoms. The number of anilines is 2. The first-order valence-electron chi connectivity index (χ1n) is 10.6. The van der Waals surface area contributed by atoms with Crippen molar-refractivity contribution < 1.29 is 9.59 Å². The number of amides is 2. The summed E-state index contributed by atoms with van der Waals surface area (Å²) >= 11 is 0. The molecule has 32 heavy (non-hydrogen) atoms. The third-order valence-corrected chi connectivity index (χ3v) is 5.29. The van der Waals surface area contributed by atoms with Gasteiger partial charge in [0.15, 0.2) is 0 Å². The Hall–Kier alpha value is -3.74. The van der Waals surface area contributed by atoms with Crippen molar-refractivity contribution in [3.05, 3.63) is 75.6 Å². The molecule has 1 heterocycles. The summed E-state index contributed by atoms with van der Waals surface area (Å²) in [5.41, 5.74) is 4.67. The van der Waals surface area contributed by atoms with E-state index in [0.29, 0.717) is 11.4 Å². The van der Waals surface area contributed by atoms with E-state index in [0.717, 1.165) is 27.8 Å². The van der Waals surface area contributed by atoms with Crippen molar-refractivity contribution >= 4 is 23.2 Å². The summed E-state index contributed by atoms with van der Waals surface area (Å²) in [6.07, 6.45) is 0.903. The standard InChI is InChI=1S/C25H28N4O3/c1-6-19-8-10-20(11-9-19)22-14-23(26-18(5)30)25(32)29(28-22)17(4)24(31)27-21-12-7-15(2)13-16(21)3/h7-14,17H,6H2,1-5H3,(H,26,30)(H,27,31). The third kappa shape index (κ3) is 5.11. The number of rotatable bonds is 6.